The number of esters is 1. The van der Waals surface area contributed by atoms with Gasteiger partial charge in [-0.25, -0.2) is 4.79 Å². The van der Waals surface area contributed by atoms with Crippen LogP contribution in [0.2, 0.25) is 0 Å². The summed E-state index contributed by atoms with van der Waals surface area (Å²) in [5, 5.41) is 2.41. The Morgan fingerprint density at radius 2 is 2.08 bits per heavy atom. The summed E-state index contributed by atoms with van der Waals surface area (Å²) in [5.41, 5.74) is 0. The zero-order valence-electron chi connectivity index (χ0n) is 7.87. The Hall–Kier alpha value is -1.10. The average molecular weight is 187 g/mol. The topological polar surface area (TPSA) is 64.6 Å². The molecule has 0 aromatic rings. The van der Waals surface area contributed by atoms with E-state index < -0.39 is 18.3 Å². The quantitative estimate of drug-likeness (QED) is 0.600. The molecule has 0 aromatic carbocycles. The fraction of sp³-hybridized carbons (Fsp3) is 0.750. The van der Waals surface area contributed by atoms with Crippen molar-refractivity contribution < 1.29 is 19.1 Å². The summed E-state index contributed by atoms with van der Waals surface area (Å²) in [6.07, 6.45) is -1.65. The van der Waals surface area contributed by atoms with Gasteiger partial charge in [-0.15, -0.1) is 0 Å². The van der Waals surface area contributed by atoms with Crippen molar-refractivity contribution in [2.75, 3.05) is 7.11 Å². The smallest absolute Gasteiger partial charge is 0.357 e. The number of carbonyl (C=O) groups is 2. The minimum Gasteiger partial charge on any atom is -0.449 e. The van der Waals surface area contributed by atoms with Crippen LogP contribution in [-0.2, 0) is 19.1 Å². The van der Waals surface area contributed by atoms with Crippen LogP contribution >= 0.6 is 0 Å². The summed E-state index contributed by atoms with van der Waals surface area (Å²) in [6.45, 7) is 3.62. The molecular weight excluding hydrogens is 174 g/mol. The molecule has 1 N–H and O–H groups in total. The predicted octanol–water partition coefficient (Wildman–Crippen LogP) is -0.344. The van der Waals surface area contributed by atoms with Crippen LogP contribution in [0.3, 0.4) is 0 Å². The molecule has 1 heterocycles. The second kappa shape index (κ2) is 3.74. The van der Waals surface area contributed by atoms with Crippen LogP contribution in [0.25, 0.3) is 0 Å². The van der Waals surface area contributed by atoms with Gasteiger partial charge in [0.05, 0.1) is 0 Å². The zero-order chi connectivity index (χ0) is 10.0. The number of nitrogens with one attached hydrogen (secondary N) is 1. The molecule has 1 aliphatic heterocycles. The van der Waals surface area contributed by atoms with Crippen molar-refractivity contribution in [1.29, 1.82) is 0 Å². The lowest BCUT2D eigenvalue weighted by molar-refractivity contribution is -0.180. The first-order valence-electron chi connectivity index (χ1n) is 4.10. The minimum absolute atomic E-state index is 0.0262. The molecule has 0 spiro atoms. The lowest BCUT2D eigenvalue weighted by Crippen LogP contribution is -2.56. The molecule has 2 atom stereocenters. The molecule has 13 heavy (non-hydrogen) atoms. The van der Waals surface area contributed by atoms with E-state index >= 15 is 0 Å². The highest BCUT2D eigenvalue weighted by Crippen LogP contribution is 2.12. The summed E-state index contributed by atoms with van der Waals surface area (Å²) in [5.74, 6) is -0.871. The number of carbonyl (C=O) groups excluding carboxylic acids is 2. The Balaban J connectivity index is 2.67. The lowest BCUT2D eigenvalue weighted by Gasteiger charge is -2.29. The molecule has 0 saturated carbocycles. The first-order chi connectivity index (χ1) is 6.06. The maximum Gasteiger partial charge on any atom is 0.357 e. The molecule has 1 saturated heterocycles. The van der Waals surface area contributed by atoms with Crippen LogP contribution in [0.15, 0.2) is 0 Å². The van der Waals surface area contributed by atoms with Gasteiger partial charge in [-0.1, -0.05) is 13.8 Å². The van der Waals surface area contributed by atoms with E-state index in [4.69, 9.17) is 9.47 Å². The van der Waals surface area contributed by atoms with E-state index in [0.717, 1.165) is 0 Å². The monoisotopic (exact) mass is 187 g/mol. The van der Waals surface area contributed by atoms with E-state index in [1.165, 1.54) is 7.11 Å². The third-order valence-corrected chi connectivity index (χ3v) is 1.83. The Morgan fingerprint density at radius 3 is 2.54 bits per heavy atom. The van der Waals surface area contributed by atoms with Crippen molar-refractivity contribution in [1.82, 2.24) is 5.32 Å². The molecule has 5 nitrogen and oxygen atoms in total. The van der Waals surface area contributed by atoms with E-state index in [-0.39, 0.29) is 11.8 Å². The third kappa shape index (κ3) is 1.98. The summed E-state index contributed by atoms with van der Waals surface area (Å²) in [4.78, 5) is 22.4. The standard InChI is InChI=1S/C8H13NO4/c1-4(2)5-6(10)9-7(12-3)8(11)13-5/h4-5,7H,1-3H3,(H,9,10)/t5-,7+/m0/s1. The second-order valence-corrected chi connectivity index (χ2v) is 3.23. The van der Waals surface area contributed by atoms with Crippen molar-refractivity contribution in [3.8, 4) is 0 Å². The predicted molar refractivity (Wildman–Crippen MR) is 43.7 cm³/mol. The first-order valence-corrected chi connectivity index (χ1v) is 4.10. The summed E-state index contributed by atoms with van der Waals surface area (Å²) < 4.78 is 9.58. The number of amides is 1. The SMILES string of the molecule is CO[C@H]1NC(=O)[C@H](C(C)C)OC1=O. The van der Waals surface area contributed by atoms with E-state index in [2.05, 4.69) is 5.32 Å². The van der Waals surface area contributed by atoms with Crippen molar-refractivity contribution >= 4 is 11.9 Å². The maximum absolute atomic E-state index is 11.3. The largest absolute Gasteiger partial charge is 0.449 e. The van der Waals surface area contributed by atoms with Crippen LogP contribution in [0.5, 0.6) is 0 Å². The number of rotatable bonds is 2. The van der Waals surface area contributed by atoms with E-state index in [9.17, 15) is 9.59 Å². The van der Waals surface area contributed by atoms with Gasteiger partial charge < -0.3 is 14.8 Å². The molecule has 0 radical (unpaired) electrons. The van der Waals surface area contributed by atoms with Crippen LogP contribution in [0.1, 0.15) is 13.8 Å². The van der Waals surface area contributed by atoms with Gasteiger partial charge >= 0.3 is 5.97 Å². The minimum atomic E-state index is -0.956. The maximum atomic E-state index is 11.3. The van der Waals surface area contributed by atoms with Gasteiger partial charge in [0.2, 0.25) is 6.23 Å². The molecule has 5 heteroatoms. The molecule has 1 aliphatic rings. The number of ether oxygens (including phenoxy) is 2. The van der Waals surface area contributed by atoms with Gasteiger partial charge in [0.1, 0.15) is 0 Å². The number of cyclic esters (lactones) is 1. The van der Waals surface area contributed by atoms with Crippen LogP contribution in [0.4, 0.5) is 0 Å². The molecule has 1 rings (SSSR count). The van der Waals surface area contributed by atoms with Crippen molar-refractivity contribution in [3.63, 3.8) is 0 Å². The van der Waals surface area contributed by atoms with Crippen molar-refractivity contribution in [2.24, 2.45) is 5.92 Å². The van der Waals surface area contributed by atoms with Gasteiger partial charge in [-0.2, -0.15) is 0 Å². The molecule has 0 bridgehead atoms. The van der Waals surface area contributed by atoms with Crippen molar-refractivity contribution in [3.05, 3.63) is 0 Å². The van der Waals surface area contributed by atoms with E-state index in [1.807, 2.05) is 13.8 Å². The Morgan fingerprint density at radius 1 is 1.46 bits per heavy atom. The first kappa shape index (κ1) is 9.98. The van der Waals surface area contributed by atoms with E-state index in [1.54, 1.807) is 0 Å². The Kier molecular flexibility index (Phi) is 2.87. The highest BCUT2D eigenvalue weighted by Gasteiger charge is 2.37. The molecule has 1 fully saturated rings. The summed E-state index contributed by atoms with van der Waals surface area (Å²) >= 11 is 0. The Bertz CT molecular complexity index is 226. The molecule has 0 aliphatic carbocycles. The van der Waals surface area contributed by atoms with E-state index in [0.29, 0.717) is 0 Å². The van der Waals surface area contributed by atoms with Crippen LogP contribution in [-0.4, -0.2) is 31.3 Å². The third-order valence-electron chi connectivity index (χ3n) is 1.83. The molecule has 0 unspecified atom stereocenters. The zero-order valence-corrected chi connectivity index (χ0v) is 7.87. The fourth-order valence-corrected chi connectivity index (χ4v) is 1.10. The number of hydrogen-bond acceptors (Lipinski definition) is 4. The fourth-order valence-electron chi connectivity index (χ4n) is 1.10. The van der Waals surface area contributed by atoms with Gasteiger partial charge in [-0.05, 0) is 5.92 Å². The average Bonchev–Trinajstić information content (AvgIpc) is 2.07. The van der Waals surface area contributed by atoms with Gasteiger partial charge in [0.25, 0.3) is 5.91 Å². The van der Waals surface area contributed by atoms with Gasteiger partial charge in [-0.3, -0.25) is 4.79 Å². The summed E-state index contributed by atoms with van der Waals surface area (Å²) in [7, 11) is 1.34. The molecule has 74 valence electrons. The highest BCUT2D eigenvalue weighted by molar-refractivity contribution is 5.91. The summed E-state index contributed by atoms with van der Waals surface area (Å²) in [6, 6.07) is 0. The lowest BCUT2D eigenvalue weighted by atomic mass is 10.1. The Labute approximate surface area is 76.4 Å². The van der Waals surface area contributed by atoms with Crippen LogP contribution < -0.4 is 5.32 Å². The molecular formula is C8H13NO4. The molecule has 1 amide bonds. The van der Waals surface area contributed by atoms with Crippen LogP contribution in [0, 0.1) is 5.92 Å². The second-order valence-electron chi connectivity index (χ2n) is 3.23. The van der Waals surface area contributed by atoms with Crippen molar-refractivity contribution in [2.45, 2.75) is 26.2 Å². The molecule has 0 aromatic heterocycles. The highest BCUT2D eigenvalue weighted by atomic mass is 16.6. The number of methoxy groups -OCH3 is 1. The number of hydrogen-bond donors (Lipinski definition) is 1. The normalized spacial score (nSPS) is 28.6. The van der Waals surface area contributed by atoms with Gasteiger partial charge in [0, 0.05) is 7.11 Å². The van der Waals surface area contributed by atoms with Gasteiger partial charge in [0.15, 0.2) is 6.10 Å². The number of morpholine rings is 1.